The van der Waals surface area contributed by atoms with E-state index in [0.717, 1.165) is 37.5 Å². The zero-order valence-electron chi connectivity index (χ0n) is 13.6. The standard InChI is InChI=1S/C17H27ClN2O/c1-13(2)19-11-14-10-15(18)6-7-16(14)20-9-5-8-17(3,12-20)21-4/h6-7,10,13,19H,5,8-9,11-12H2,1-4H3. The molecule has 0 saturated carbocycles. The number of rotatable bonds is 5. The maximum Gasteiger partial charge on any atom is 0.0825 e. The van der Waals surface area contributed by atoms with Gasteiger partial charge in [-0.05, 0) is 43.5 Å². The van der Waals surface area contributed by atoms with Gasteiger partial charge in [-0.1, -0.05) is 25.4 Å². The first-order chi connectivity index (χ1) is 9.93. The Labute approximate surface area is 133 Å². The fraction of sp³-hybridized carbons (Fsp3) is 0.647. The molecule has 1 saturated heterocycles. The van der Waals surface area contributed by atoms with Gasteiger partial charge >= 0.3 is 0 Å². The number of hydrogen-bond donors (Lipinski definition) is 1. The molecule has 1 fully saturated rings. The van der Waals surface area contributed by atoms with Gasteiger partial charge in [0.1, 0.15) is 0 Å². The summed E-state index contributed by atoms with van der Waals surface area (Å²) < 4.78 is 5.71. The first-order valence-electron chi connectivity index (χ1n) is 7.75. The van der Waals surface area contributed by atoms with Gasteiger partial charge in [0, 0.05) is 43.5 Å². The predicted octanol–water partition coefficient (Wildman–Crippen LogP) is 3.84. The van der Waals surface area contributed by atoms with E-state index in [2.05, 4.69) is 43.1 Å². The van der Waals surface area contributed by atoms with Gasteiger partial charge in [-0.25, -0.2) is 0 Å². The molecule has 21 heavy (non-hydrogen) atoms. The van der Waals surface area contributed by atoms with Gasteiger partial charge in [-0.2, -0.15) is 0 Å². The molecule has 1 atom stereocenters. The molecule has 1 aromatic carbocycles. The number of hydrogen-bond acceptors (Lipinski definition) is 3. The van der Waals surface area contributed by atoms with Crippen molar-refractivity contribution in [3.05, 3.63) is 28.8 Å². The Hall–Kier alpha value is -0.770. The molecule has 1 unspecified atom stereocenters. The second kappa shape index (κ2) is 6.99. The number of ether oxygens (including phenoxy) is 1. The summed E-state index contributed by atoms with van der Waals surface area (Å²) in [6, 6.07) is 6.66. The Balaban J connectivity index is 2.21. The van der Waals surface area contributed by atoms with Crippen LogP contribution in [0.1, 0.15) is 39.2 Å². The van der Waals surface area contributed by atoms with E-state index >= 15 is 0 Å². The Kier molecular flexibility index (Phi) is 5.53. The Morgan fingerprint density at radius 1 is 1.43 bits per heavy atom. The third-order valence-electron chi connectivity index (χ3n) is 4.23. The van der Waals surface area contributed by atoms with Crippen molar-refractivity contribution in [3.8, 4) is 0 Å². The molecule has 1 aromatic rings. The van der Waals surface area contributed by atoms with Crippen molar-refractivity contribution < 1.29 is 4.74 Å². The lowest BCUT2D eigenvalue weighted by Crippen LogP contribution is -2.47. The van der Waals surface area contributed by atoms with Gasteiger partial charge in [0.15, 0.2) is 0 Å². The maximum absolute atomic E-state index is 6.18. The van der Waals surface area contributed by atoms with Crippen LogP contribution in [0.3, 0.4) is 0 Å². The summed E-state index contributed by atoms with van der Waals surface area (Å²) in [7, 11) is 1.81. The summed E-state index contributed by atoms with van der Waals surface area (Å²) in [6.07, 6.45) is 2.27. The Morgan fingerprint density at radius 3 is 2.86 bits per heavy atom. The minimum absolute atomic E-state index is 0.0549. The summed E-state index contributed by atoms with van der Waals surface area (Å²) >= 11 is 6.18. The highest BCUT2D eigenvalue weighted by atomic mass is 35.5. The molecule has 0 aromatic heterocycles. The largest absolute Gasteiger partial charge is 0.377 e. The van der Waals surface area contributed by atoms with Crippen LogP contribution < -0.4 is 10.2 Å². The maximum atomic E-state index is 6.18. The van der Waals surface area contributed by atoms with E-state index in [1.807, 2.05) is 13.2 Å². The van der Waals surface area contributed by atoms with Gasteiger partial charge in [-0.3, -0.25) is 0 Å². The highest BCUT2D eigenvalue weighted by Gasteiger charge is 2.31. The molecular weight excluding hydrogens is 284 g/mol. The van der Waals surface area contributed by atoms with E-state index in [4.69, 9.17) is 16.3 Å². The van der Waals surface area contributed by atoms with Crippen LogP contribution >= 0.6 is 11.6 Å². The molecule has 0 radical (unpaired) electrons. The molecular formula is C17H27ClN2O. The van der Waals surface area contributed by atoms with E-state index in [-0.39, 0.29) is 5.60 Å². The lowest BCUT2D eigenvalue weighted by atomic mass is 9.94. The molecule has 1 aliphatic rings. The normalized spacial score (nSPS) is 22.9. The molecule has 4 heteroatoms. The Morgan fingerprint density at radius 2 is 2.19 bits per heavy atom. The van der Waals surface area contributed by atoms with Gasteiger partial charge in [-0.15, -0.1) is 0 Å². The molecule has 1 heterocycles. The van der Waals surface area contributed by atoms with Crippen LogP contribution in [-0.2, 0) is 11.3 Å². The Bertz CT molecular complexity index is 478. The minimum Gasteiger partial charge on any atom is -0.377 e. The third-order valence-corrected chi connectivity index (χ3v) is 4.47. The van der Waals surface area contributed by atoms with Gasteiger partial charge in [0.05, 0.1) is 5.60 Å². The average molecular weight is 311 g/mol. The summed E-state index contributed by atoms with van der Waals surface area (Å²) in [5.41, 5.74) is 2.48. The van der Waals surface area contributed by atoms with Crippen molar-refractivity contribution in [1.82, 2.24) is 5.32 Å². The summed E-state index contributed by atoms with van der Waals surface area (Å²) in [5.74, 6) is 0. The van der Waals surface area contributed by atoms with E-state index in [1.165, 1.54) is 11.3 Å². The number of benzene rings is 1. The molecule has 1 N–H and O–H groups in total. The summed E-state index contributed by atoms with van der Waals surface area (Å²) in [5, 5.41) is 4.28. The fourth-order valence-corrected chi connectivity index (χ4v) is 3.09. The van der Waals surface area contributed by atoms with Crippen LogP contribution in [0.4, 0.5) is 5.69 Å². The van der Waals surface area contributed by atoms with Crippen molar-refractivity contribution in [2.24, 2.45) is 0 Å². The number of anilines is 1. The number of nitrogens with one attached hydrogen (secondary N) is 1. The van der Waals surface area contributed by atoms with E-state index < -0.39 is 0 Å². The topological polar surface area (TPSA) is 24.5 Å². The van der Waals surface area contributed by atoms with E-state index in [0.29, 0.717) is 6.04 Å². The molecule has 118 valence electrons. The van der Waals surface area contributed by atoms with Crippen LogP contribution in [0.25, 0.3) is 0 Å². The molecule has 0 spiro atoms. The highest BCUT2D eigenvalue weighted by molar-refractivity contribution is 6.30. The molecule has 0 amide bonds. The van der Waals surface area contributed by atoms with Crippen molar-refractivity contribution >= 4 is 17.3 Å². The zero-order chi connectivity index (χ0) is 15.5. The second-order valence-electron chi connectivity index (χ2n) is 6.49. The van der Waals surface area contributed by atoms with Gasteiger partial charge in [0.25, 0.3) is 0 Å². The fourth-order valence-electron chi connectivity index (χ4n) is 2.90. The van der Waals surface area contributed by atoms with Crippen LogP contribution in [0.5, 0.6) is 0 Å². The number of piperidine rings is 1. The summed E-state index contributed by atoms with van der Waals surface area (Å²) in [4.78, 5) is 2.43. The highest BCUT2D eigenvalue weighted by Crippen LogP contribution is 2.31. The number of nitrogens with zero attached hydrogens (tertiary/aromatic N) is 1. The average Bonchev–Trinajstić information content (AvgIpc) is 2.45. The van der Waals surface area contributed by atoms with Crippen LogP contribution in [0, 0.1) is 0 Å². The van der Waals surface area contributed by atoms with Crippen LogP contribution in [0.2, 0.25) is 5.02 Å². The van der Waals surface area contributed by atoms with Gasteiger partial charge < -0.3 is 15.0 Å². The molecule has 1 aliphatic heterocycles. The first-order valence-corrected chi connectivity index (χ1v) is 8.13. The number of methoxy groups -OCH3 is 1. The molecule has 0 aliphatic carbocycles. The number of halogens is 1. The SMILES string of the molecule is COC1(C)CCCN(c2ccc(Cl)cc2CNC(C)C)C1. The lowest BCUT2D eigenvalue weighted by Gasteiger charge is -2.41. The van der Waals surface area contributed by atoms with E-state index in [9.17, 15) is 0 Å². The third kappa shape index (κ3) is 4.35. The van der Waals surface area contributed by atoms with Crippen molar-refractivity contribution in [3.63, 3.8) is 0 Å². The van der Waals surface area contributed by atoms with Crippen LogP contribution in [0.15, 0.2) is 18.2 Å². The molecule has 2 rings (SSSR count). The van der Waals surface area contributed by atoms with Crippen LogP contribution in [-0.4, -0.2) is 31.8 Å². The first kappa shape index (κ1) is 16.6. The quantitative estimate of drug-likeness (QED) is 0.894. The van der Waals surface area contributed by atoms with Crippen molar-refractivity contribution in [2.45, 2.75) is 51.8 Å². The minimum atomic E-state index is -0.0549. The van der Waals surface area contributed by atoms with Gasteiger partial charge in [0.2, 0.25) is 0 Å². The van der Waals surface area contributed by atoms with Crippen molar-refractivity contribution in [1.29, 1.82) is 0 Å². The van der Waals surface area contributed by atoms with Crippen molar-refractivity contribution in [2.75, 3.05) is 25.1 Å². The monoisotopic (exact) mass is 310 g/mol. The second-order valence-corrected chi connectivity index (χ2v) is 6.92. The molecule has 0 bridgehead atoms. The van der Waals surface area contributed by atoms with E-state index in [1.54, 1.807) is 0 Å². The zero-order valence-corrected chi connectivity index (χ0v) is 14.3. The lowest BCUT2D eigenvalue weighted by molar-refractivity contribution is -0.00468. The molecule has 3 nitrogen and oxygen atoms in total. The smallest absolute Gasteiger partial charge is 0.0825 e. The summed E-state index contributed by atoms with van der Waals surface area (Å²) in [6.45, 7) is 9.37. The predicted molar refractivity (Wildman–Crippen MR) is 90.3 cm³/mol.